The van der Waals surface area contributed by atoms with Gasteiger partial charge in [0.15, 0.2) is 8.32 Å². The number of benzene rings is 1. The van der Waals surface area contributed by atoms with Crippen LogP contribution >= 0.6 is 0 Å². The third-order valence-corrected chi connectivity index (χ3v) is 10.2. The molecule has 0 N–H and O–H groups in total. The molecule has 1 saturated heterocycles. The fourth-order valence-corrected chi connectivity index (χ4v) is 4.35. The minimum Gasteiger partial charge on any atom is -0.414 e. The van der Waals surface area contributed by atoms with Gasteiger partial charge in [-0.2, -0.15) is 0 Å². The Kier molecular flexibility index (Phi) is 6.12. The molecule has 3 atom stereocenters. The van der Waals surface area contributed by atoms with Gasteiger partial charge >= 0.3 is 0 Å². The molecule has 1 heterocycles. The van der Waals surface area contributed by atoms with E-state index in [1.807, 2.05) is 37.3 Å². The van der Waals surface area contributed by atoms with E-state index in [-0.39, 0.29) is 29.0 Å². The zero-order valence-corrected chi connectivity index (χ0v) is 17.7. The summed E-state index contributed by atoms with van der Waals surface area (Å²) in [6.07, 6.45) is 0.929. The number of nitrogens with zero attached hydrogens (tertiary/aromatic N) is 1. The minimum absolute atomic E-state index is 0.00115. The van der Waals surface area contributed by atoms with Crippen LogP contribution in [0.1, 0.15) is 46.6 Å². The molecule has 0 aromatic heterocycles. The van der Waals surface area contributed by atoms with Gasteiger partial charge in [0.05, 0.1) is 12.0 Å². The molecule has 25 heavy (non-hydrogen) atoms. The Labute approximate surface area is 153 Å². The molecule has 1 amide bonds. The van der Waals surface area contributed by atoms with Gasteiger partial charge in [0.25, 0.3) is 5.91 Å². The van der Waals surface area contributed by atoms with E-state index in [1.165, 1.54) is 0 Å². The molecule has 1 aromatic carbocycles. The monoisotopic (exact) mass is 363 g/mol. The van der Waals surface area contributed by atoms with E-state index in [9.17, 15) is 4.79 Å². The summed E-state index contributed by atoms with van der Waals surface area (Å²) in [6.45, 7) is 15.8. The van der Waals surface area contributed by atoms with E-state index in [1.54, 1.807) is 5.06 Å². The van der Waals surface area contributed by atoms with Crippen LogP contribution in [0.5, 0.6) is 0 Å². The van der Waals surface area contributed by atoms with Crippen molar-refractivity contribution in [3.05, 3.63) is 35.9 Å². The van der Waals surface area contributed by atoms with Crippen LogP contribution in [0.4, 0.5) is 0 Å². The molecular formula is C20H33NO3Si. The fraction of sp³-hybridized carbons (Fsp3) is 0.650. The van der Waals surface area contributed by atoms with Crippen LogP contribution in [0.2, 0.25) is 18.1 Å². The van der Waals surface area contributed by atoms with Gasteiger partial charge in [0.2, 0.25) is 0 Å². The van der Waals surface area contributed by atoms with Crippen molar-refractivity contribution >= 4 is 14.2 Å². The first-order chi connectivity index (χ1) is 11.5. The summed E-state index contributed by atoms with van der Waals surface area (Å²) in [7, 11) is -1.80. The van der Waals surface area contributed by atoms with E-state index < -0.39 is 8.32 Å². The maximum Gasteiger partial charge on any atom is 0.251 e. The van der Waals surface area contributed by atoms with Gasteiger partial charge in [0.1, 0.15) is 6.61 Å². The molecule has 1 aliphatic rings. The molecule has 4 nitrogen and oxygen atoms in total. The molecular weight excluding hydrogens is 330 g/mol. The number of rotatable bonds is 7. The highest BCUT2D eigenvalue weighted by Crippen LogP contribution is 2.39. The summed E-state index contributed by atoms with van der Waals surface area (Å²) in [5.74, 6) is 0.0710. The van der Waals surface area contributed by atoms with Crippen LogP contribution in [0, 0.1) is 5.92 Å². The second-order valence-electron chi connectivity index (χ2n) is 8.70. The lowest BCUT2D eigenvalue weighted by molar-refractivity contribution is -0.249. The van der Waals surface area contributed by atoms with Crippen LogP contribution in [0.25, 0.3) is 0 Å². The highest BCUT2D eigenvalue weighted by atomic mass is 28.4. The first-order valence-electron chi connectivity index (χ1n) is 9.20. The van der Waals surface area contributed by atoms with Gasteiger partial charge < -0.3 is 4.43 Å². The molecule has 1 aliphatic heterocycles. The van der Waals surface area contributed by atoms with Crippen molar-refractivity contribution < 1.29 is 14.1 Å². The lowest BCUT2D eigenvalue weighted by atomic mass is 9.88. The Morgan fingerprint density at radius 1 is 1.20 bits per heavy atom. The predicted molar refractivity (Wildman–Crippen MR) is 103 cm³/mol. The standard InChI is InChI=1S/C20H33NO3Si/c1-15(24-25(6,7)20(3,4)5)13-18-16(2)19(22)21(18)23-14-17-11-9-8-10-12-17/h8-12,15-16,18H,13-14H2,1-7H3/t15-,16+,18+/m0/s1. The van der Waals surface area contributed by atoms with E-state index in [4.69, 9.17) is 9.26 Å². The van der Waals surface area contributed by atoms with Gasteiger partial charge in [-0.25, -0.2) is 5.06 Å². The Balaban J connectivity index is 1.92. The van der Waals surface area contributed by atoms with Crippen molar-refractivity contribution in [2.24, 2.45) is 5.92 Å². The number of hydroxylamine groups is 2. The highest BCUT2D eigenvalue weighted by molar-refractivity contribution is 6.74. The summed E-state index contributed by atoms with van der Waals surface area (Å²) < 4.78 is 6.45. The Morgan fingerprint density at radius 2 is 1.80 bits per heavy atom. The van der Waals surface area contributed by atoms with Crippen LogP contribution in [-0.4, -0.2) is 31.4 Å². The van der Waals surface area contributed by atoms with Crippen molar-refractivity contribution in [2.75, 3.05) is 0 Å². The molecule has 0 radical (unpaired) electrons. The van der Waals surface area contributed by atoms with Crippen molar-refractivity contribution in [2.45, 2.75) is 77.9 Å². The zero-order valence-electron chi connectivity index (χ0n) is 16.7. The van der Waals surface area contributed by atoms with Crippen molar-refractivity contribution in [3.63, 3.8) is 0 Å². The highest BCUT2D eigenvalue weighted by Gasteiger charge is 2.47. The Hall–Kier alpha value is -1.17. The van der Waals surface area contributed by atoms with E-state index in [0.29, 0.717) is 6.61 Å². The van der Waals surface area contributed by atoms with Gasteiger partial charge in [-0.3, -0.25) is 9.63 Å². The van der Waals surface area contributed by atoms with Gasteiger partial charge in [0, 0.05) is 6.10 Å². The number of hydrogen-bond acceptors (Lipinski definition) is 3. The largest absolute Gasteiger partial charge is 0.414 e. The molecule has 0 aliphatic carbocycles. The summed E-state index contributed by atoms with van der Waals surface area (Å²) >= 11 is 0. The second kappa shape index (κ2) is 7.60. The zero-order chi connectivity index (χ0) is 18.8. The number of hydrogen-bond donors (Lipinski definition) is 0. The first kappa shape index (κ1) is 20.1. The molecule has 0 bridgehead atoms. The smallest absolute Gasteiger partial charge is 0.251 e. The molecule has 1 aromatic rings. The maximum absolute atomic E-state index is 12.2. The molecule has 5 heteroatoms. The number of carbonyl (C=O) groups is 1. The van der Waals surface area contributed by atoms with Gasteiger partial charge in [-0.15, -0.1) is 0 Å². The van der Waals surface area contributed by atoms with Gasteiger partial charge in [-0.1, -0.05) is 58.0 Å². The quantitative estimate of drug-likeness (QED) is 0.517. The number of carbonyl (C=O) groups excluding carboxylic acids is 1. The summed E-state index contributed by atoms with van der Waals surface area (Å²) in [5, 5.41) is 1.75. The van der Waals surface area contributed by atoms with Crippen molar-refractivity contribution in [1.29, 1.82) is 0 Å². The normalized spacial score (nSPS) is 22.7. The van der Waals surface area contributed by atoms with E-state index >= 15 is 0 Å². The van der Waals surface area contributed by atoms with E-state index in [2.05, 4.69) is 40.8 Å². The average Bonchev–Trinajstić information content (AvgIpc) is 2.53. The molecule has 0 unspecified atom stereocenters. The van der Waals surface area contributed by atoms with Crippen LogP contribution in [-0.2, 0) is 20.7 Å². The molecule has 2 rings (SSSR count). The Morgan fingerprint density at radius 3 is 2.36 bits per heavy atom. The fourth-order valence-electron chi connectivity index (χ4n) is 2.90. The first-order valence-corrected chi connectivity index (χ1v) is 12.1. The predicted octanol–water partition coefficient (Wildman–Crippen LogP) is 4.77. The summed E-state index contributed by atoms with van der Waals surface area (Å²) in [4.78, 5) is 18.0. The van der Waals surface area contributed by atoms with Crippen LogP contribution in [0.15, 0.2) is 30.3 Å². The van der Waals surface area contributed by atoms with Crippen LogP contribution in [0.3, 0.4) is 0 Å². The molecule has 0 saturated carbocycles. The minimum atomic E-state index is -1.80. The van der Waals surface area contributed by atoms with E-state index in [0.717, 1.165) is 12.0 Å². The molecule has 140 valence electrons. The molecule has 0 spiro atoms. The van der Waals surface area contributed by atoms with Crippen LogP contribution < -0.4 is 0 Å². The van der Waals surface area contributed by atoms with Gasteiger partial charge in [-0.05, 0) is 37.0 Å². The van der Waals surface area contributed by atoms with Crippen molar-refractivity contribution in [3.8, 4) is 0 Å². The van der Waals surface area contributed by atoms with Crippen molar-refractivity contribution in [1.82, 2.24) is 5.06 Å². The number of β-lactam (4-membered cyclic amide) rings is 1. The second-order valence-corrected chi connectivity index (χ2v) is 13.5. The lowest BCUT2D eigenvalue weighted by Crippen LogP contribution is -2.60. The SMILES string of the molecule is C[C@@H](C[C@@H]1[C@@H](C)C(=O)N1OCc1ccccc1)O[Si](C)(C)C(C)(C)C. The summed E-state index contributed by atoms with van der Waals surface area (Å²) in [5.41, 5.74) is 1.07. The number of amides is 1. The lowest BCUT2D eigenvalue weighted by Gasteiger charge is -2.46. The topological polar surface area (TPSA) is 38.8 Å². The average molecular weight is 364 g/mol. The molecule has 1 fully saturated rings. The maximum atomic E-state index is 12.2. The third kappa shape index (κ3) is 4.71. The Bertz CT molecular complexity index is 582. The summed E-state index contributed by atoms with van der Waals surface area (Å²) in [6, 6.07) is 10.0. The third-order valence-electron chi connectivity index (χ3n) is 5.57.